The minimum atomic E-state index is 0.882. The highest BCUT2D eigenvalue weighted by molar-refractivity contribution is 9.10. The second-order valence-electron chi connectivity index (χ2n) is 5.81. The van der Waals surface area contributed by atoms with Crippen molar-refractivity contribution in [3.63, 3.8) is 0 Å². The van der Waals surface area contributed by atoms with Gasteiger partial charge in [0.25, 0.3) is 0 Å². The fraction of sp³-hybridized carbons (Fsp3) is 0.250. The second-order valence-corrected chi connectivity index (χ2v) is 6.66. The minimum Gasteiger partial charge on any atom is -0.494 e. The van der Waals surface area contributed by atoms with E-state index in [2.05, 4.69) is 71.2 Å². The molecule has 0 atom stereocenters. The van der Waals surface area contributed by atoms with E-state index in [0.717, 1.165) is 34.0 Å². The van der Waals surface area contributed by atoms with Crippen LogP contribution >= 0.6 is 15.9 Å². The Bertz CT molecular complexity index is 840. The molecule has 3 heteroatoms. The van der Waals surface area contributed by atoms with E-state index in [9.17, 15) is 0 Å². The maximum absolute atomic E-state index is 5.59. The topological polar surface area (TPSA) is 22.1 Å². The van der Waals surface area contributed by atoms with E-state index >= 15 is 0 Å². The zero-order valence-corrected chi connectivity index (χ0v) is 15.3. The van der Waals surface area contributed by atoms with Crippen molar-refractivity contribution < 1.29 is 4.74 Å². The molecule has 0 bridgehead atoms. The highest BCUT2D eigenvalue weighted by Crippen LogP contribution is 2.35. The fourth-order valence-electron chi connectivity index (χ4n) is 2.85. The summed E-state index contributed by atoms with van der Waals surface area (Å²) in [5.41, 5.74) is 5.88. The van der Waals surface area contributed by atoms with Crippen molar-refractivity contribution in [3.8, 4) is 5.75 Å². The van der Waals surface area contributed by atoms with Crippen LogP contribution in [0.25, 0.3) is 10.9 Å². The molecule has 3 aromatic rings. The maximum Gasteiger partial charge on any atom is 0.148 e. The smallest absolute Gasteiger partial charge is 0.148 e. The lowest BCUT2D eigenvalue weighted by Crippen LogP contribution is -1.97. The third kappa shape index (κ3) is 3.25. The molecule has 0 saturated heterocycles. The van der Waals surface area contributed by atoms with E-state index in [1.165, 1.54) is 22.3 Å². The van der Waals surface area contributed by atoms with Crippen LogP contribution in [0.4, 0.5) is 0 Å². The molecule has 1 heterocycles. The predicted molar refractivity (Wildman–Crippen MR) is 99.4 cm³/mol. The number of aryl methyl sites for hydroxylation is 2. The van der Waals surface area contributed by atoms with Crippen LogP contribution in [0.15, 0.2) is 47.1 Å². The number of methoxy groups -OCH3 is 1. The zero-order chi connectivity index (χ0) is 16.4. The van der Waals surface area contributed by atoms with E-state index in [0.29, 0.717) is 0 Å². The summed E-state index contributed by atoms with van der Waals surface area (Å²) >= 11 is 3.69. The summed E-state index contributed by atoms with van der Waals surface area (Å²) in [6.45, 7) is 4.23. The van der Waals surface area contributed by atoms with Gasteiger partial charge in [0.05, 0.1) is 7.11 Å². The molecule has 0 N–H and O–H groups in total. The molecule has 0 amide bonds. The molecule has 0 spiro atoms. The SMILES string of the molecule is CCc1cc(Br)c2cc(Cc3ccc(C)cc3)cnc2c1OC. The summed E-state index contributed by atoms with van der Waals surface area (Å²) in [6, 6.07) is 13.0. The number of ether oxygens (including phenoxy) is 1. The summed E-state index contributed by atoms with van der Waals surface area (Å²) in [5, 5.41) is 1.10. The van der Waals surface area contributed by atoms with Crippen LogP contribution in [-0.4, -0.2) is 12.1 Å². The number of fused-ring (bicyclic) bond motifs is 1. The van der Waals surface area contributed by atoms with Crippen molar-refractivity contribution in [2.45, 2.75) is 26.7 Å². The van der Waals surface area contributed by atoms with Crippen LogP contribution < -0.4 is 4.74 Å². The van der Waals surface area contributed by atoms with Crippen molar-refractivity contribution >= 4 is 26.8 Å². The number of hydrogen-bond acceptors (Lipinski definition) is 2. The average molecular weight is 370 g/mol. The molecule has 2 aromatic carbocycles. The minimum absolute atomic E-state index is 0.882. The fourth-order valence-corrected chi connectivity index (χ4v) is 3.43. The van der Waals surface area contributed by atoms with E-state index in [4.69, 9.17) is 4.74 Å². The molecule has 2 nitrogen and oxygen atoms in total. The molecule has 0 unspecified atom stereocenters. The number of pyridine rings is 1. The molecule has 0 fully saturated rings. The van der Waals surface area contributed by atoms with E-state index in [-0.39, 0.29) is 0 Å². The summed E-state index contributed by atoms with van der Waals surface area (Å²) in [7, 11) is 1.71. The van der Waals surface area contributed by atoms with Crippen LogP contribution in [0.3, 0.4) is 0 Å². The van der Waals surface area contributed by atoms with Crippen molar-refractivity contribution in [1.82, 2.24) is 4.98 Å². The highest BCUT2D eigenvalue weighted by Gasteiger charge is 2.12. The van der Waals surface area contributed by atoms with Gasteiger partial charge in [-0.1, -0.05) is 52.7 Å². The quantitative estimate of drug-likeness (QED) is 0.608. The Balaban J connectivity index is 2.05. The Hall–Kier alpha value is -1.87. The van der Waals surface area contributed by atoms with Gasteiger partial charge in [-0.25, -0.2) is 0 Å². The van der Waals surface area contributed by atoms with Crippen molar-refractivity contribution in [2.24, 2.45) is 0 Å². The van der Waals surface area contributed by atoms with Crippen LogP contribution in [0.5, 0.6) is 5.75 Å². The summed E-state index contributed by atoms with van der Waals surface area (Å²) in [4.78, 5) is 4.68. The van der Waals surface area contributed by atoms with Gasteiger partial charge >= 0.3 is 0 Å². The maximum atomic E-state index is 5.59. The Morgan fingerprint density at radius 3 is 2.48 bits per heavy atom. The number of rotatable bonds is 4. The van der Waals surface area contributed by atoms with Crippen LogP contribution in [0, 0.1) is 6.92 Å². The first-order chi connectivity index (χ1) is 11.1. The van der Waals surface area contributed by atoms with Gasteiger partial charge in [-0.2, -0.15) is 0 Å². The van der Waals surface area contributed by atoms with Gasteiger partial charge in [-0.05, 0) is 48.6 Å². The molecule has 118 valence electrons. The first kappa shape index (κ1) is 16.0. The van der Waals surface area contributed by atoms with Gasteiger partial charge in [0, 0.05) is 16.1 Å². The Morgan fingerprint density at radius 1 is 1.09 bits per heavy atom. The molecular weight excluding hydrogens is 350 g/mol. The second kappa shape index (κ2) is 6.71. The molecule has 0 radical (unpaired) electrons. The largest absolute Gasteiger partial charge is 0.494 e. The van der Waals surface area contributed by atoms with Crippen LogP contribution in [-0.2, 0) is 12.8 Å². The van der Waals surface area contributed by atoms with Crippen molar-refractivity contribution in [1.29, 1.82) is 0 Å². The molecule has 3 rings (SSSR count). The third-order valence-corrected chi connectivity index (χ3v) is 4.78. The summed E-state index contributed by atoms with van der Waals surface area (Å²) < 4.78 is 6.67. The highest BCUT2D eigenvalue weighted by atomic mass is 79.9. The van der Waals surface area contributed by atoms with Gasteiger partial charge in [-0.3, -0.25) is 4.98 Å². The van der Waals surface area contributed by atoms with Gasteiger partial charge in [-0.15, -0.1) is 0 Å². The van der Waals surface area contributed by atoms with Crippen LogP contribution in [0.1, 0.15) is 29.2 Å². The van der Waals surface area contributed by atoms with E-state index in [1.54, 1.807) is 7.11 Å². The summed E-state index contributed by atoms with van der Waals surface area (Å²) in [6.07, 6.45) is 3.76. The molecule has 0 aliphatic rings. The van der Waals surface area contributed by atoms with Crippen molar-refractivity contribution in [2.75, 3.05) is 7.11 Å². The summed E-state index contributed by atoms with van der Waals surface area (Å²) in [5.74, 6) is 0.882. The average Bonchev–Trinajstić information content (AvgIpc) is 2.57. The number of hydrogen-bond donors (Lipinski definition) is 0. The van der Waals surface area contributed by atoms with Crippen LogP contribution in [0.2, 0.25) is 0 Å². The van der Waals surface area contributed by atoms with E-state index in [1.807, 2.05) is 6.20 Å². The van der Waals surface area contributed by atoms with Gasteiger partial charge in [0.1, 0.15) is 11.3 Å². The molecule has 23 heavy (non-hydrogen) atoms. The Labute approximate surface area is 145 Å². The number of aromatic nitrogens is 1. The zero-order valence-electron chi connectivity index (χ0n) is 13.7. The molecule has 0 aliphatic heterocycles. The predicted octanol–water partition coefficient (Wildman–Crippen LogP) is 5.47. The number of halogens is 1. The van der Waals surface area contributed by atoms with Gasteiger partial charge in [0.15, 0.2) is 0 Å². The lowest BCUT2D eigenvalue weighted by Gasteiger charge is -2.13. The number of benzene rings is 2. The standard InChI is InChI=1S/C20H20BrNO/c1-4-16-11-18(21)17-10-15(12-22-19(17)20(16)23-3)9-14-7-5-13(2)6-8-14/h5-8,10-12H,4,9H2,1-3H3. The monoisotopic (exact) mass is 369 g/mol. The third-order valence-electron chi connectivity index (χ3n) is 4.12. The molecule has 0 saturated carbocycles. The molecule has 1 aromatic heterocycles. The molecule has 0 aliphatic carbocycles. The number of nitrogens with zero attached hydrogens (tertiary/aromatic N) is 1. The first-order valence-electron chi connectivity index (χ1n) is 7.82. The molecular formula is C20H20BrNO. The van der Waals surface area contributed by atoms with Crippen molar-refractivity contribution in [3.05, 3.63) is 69.3 Å². The lowest BCUT2D eigenvalue weighted by atomic mass is 10.0. The van der Waals surface area contributed by atoms with Gasteiger partial charge in [0.2, 0.25) is 0 Å². The van der Waals surface area contributed by atoms with E-state index < -0.39 is 0 Å². The van der Waals surface area contributed by atoms with Gasteiger partial charge < -0.3 is 4.74 Å². The normalized spacial score (nSPS) is 11.0. The Morgan fingerprint density at radius 2 is 1.83 bits per heavy atom. The first-order valence-corrected chi connectivity index (χ1v) is 8.61. The lowest BCUT2D eigenvalue weighted by molar-refractivity contribution is 0.414. The Kier molecular flexibility index (Phi) is 4.67.